The lowest BCUT2D eigenvalue weighted by Crippen LogP contribution is -2.22. The molecule has 0 aliphatic heterocycles. The Labute approximate surface area is 90.9 Å². The maximum absolute atomic E-state index is 10.6. The minimum absolute atomic E-state index is 0.0283. The summed E-state index contributed by atoms with van der Waals surface area (Å²) in [4.78, 5) is 9.88. The van der Waals surface area contributed by atoms with E-state index < -0.39 is 23.7 Å². The van der Waals surface area contributed by atoms with E-state index >= 15 is 0 Å². The van der Waals surface area contributed by atoms with E-state index in [0.29, 0.717) is 0 Å². The molecule has 0 bridgehead atoms. The highest BCUT2D eigenvalue weighted by Crippen LogP contribution is 2.26. The standard InChI is InChI=1S/C9H12N2O5/c10-6-2-1-5(3-7(6)11(15)16)9(14)8(13)4-12/h1-3,8-9,12-14H,4,10H2. The average molecular weight is 228 g/mol. The SMILES string of the molecule is Nc1ccc(C(O)C(O)CO)cc1[N+](=O)[O-]. The van der Waals surface area contributed by atoms with Gasteiger partial charge < -0.3 is 21.1 Å². The van der Waals surface area contributed by atoms with Gasteiger partial charge in [0.25, 0.3) is 5.69 Å². The topological polar surface area (TPSA) is 130 Å². The van der Waals surface area contributed by atoms with E-state index in [1.54, 1.807) is 0 Å². The molecule has 7 heteroatoms. The van der Waals surface area contributed by atoms with Gasteiger partial charge in [0.05, 0.1) is 11.5 Å². The normalized spacial score (nSPS) is 14.4. The molecule has 1 aromatic carbocycles. The van der Waals surface area contributed by atoms with Crippen molar-refractivity contribution in [3.8, 4) is 0 Å². The van der Waals surface area contributed by atoms with Crippen molar-refractivity contribution in [2.75, 3.05) is 12.3 Å². The molecule has 5 N–H and O–H groups in total. The summed E-state index contributed by atoms with van der Waals surface area (Å²) >= 11 is 0. The smallest absolute Gasteiger partial charge is 0.292 e. The molecule has 1 rings (SSSR count). The highest BCUT2D eigenvalue weighted by Gasteiger charge is 2.21. The number of hydrogen-bond donors (Lipinski definition) is 4. The van der Waals surface area contributed by atoms with Gasteiger partial charge in [-0.3, -0.25) is 10.1 Å². The highest BCUT2D eigenvalue weighted by atomic mass is 16.6. The molecule has 0 aliphatic rings. The Balaban J connectivity index is 3.07. The van der Waals surface area contributed by atoms with Gasteiger partial charge in [-0.1, -0.05) is 6.07 Å². The maximum Gasteiger partial charge on any atom is 0.292 e. The lowest BCUT2D eigenvalue weighted by Gasteiger charge is -2.15. The number of benzene rings is 1. The van der Waals surface area contributed by atoms with Gasteiger partial charge in [0.2, 0.25) is 0 Å². The molecular formula is C9H12N2O5. The lowest BCUT2D eigenvalue weighted by molar-refractivity contribution is -0.384. The zero-order valence-corrected chi connectivity index (χ0v) is 8.28. The molecule has 7 nitrogen and oxygen atoms in total. The van der Waals surface area contributed by atoms with E-state index in [9.17, 15) is 20.3 Å². The van der Waals surface area contributed by atoms with Crippen LogP contribution in [0.2, 0.25) is 0 Å². The first-order valence-corrected chi connectivity index (χ1v) is 4.48. The molecule has 2 unspecified atom stereocenters. The second kappa shape index (κ2) is 4.88. The van der Waals surface area contributed by atoms with Crippen LogP contribution >= 0.6 is 0 Å². The Hall–Kier alpha value is -1.70. The Morgan fingerprint density at radius 3 is 2.56 bits per heavy atom. The van der Waals surface area contributed by atoms with Crippen molar-refractivity contribution >= 4 is 11.4 Å². The number of nitrogens with zero attached hydrogens (tertiary/aromatic N) is 1. The average Bonchev–Trinajstić information content (AvgIpc) is 2.27. The number of nitro benzene ring substituents is 1. The molecule has 0 heterocycles. The molecule has 88 valence electrons. The molecule has 0 saturated carbocycles. The minimum atomic E-state index is -1.39. The molecule has 0 amide bonds. The summed E-state index contributed by atoms with van der Waals surface area (Å²) in [6.45, 7) is -0.640. The Morgan fingerprint density at radius 1 is 1.44 bits per heavy atom. The van der Waals surface area contributed by atoms with E-state index in [1.165, 1.54) is 12.1 Å². The van der Waals surface area contributed by atoms with E-state index in [0.717, 1.165) is 6.07 Å². The summed E-state index contributed by atoms with van der Waals surface area (Å²) in [5.41, 5.74) is 5.12. The van der Waals surface area contributed by atoms with Crippen LogP contribution < -0.4 is 5.73 Å². The second-order valence-corrected chi connectivity index (χ2v) is 3.27. The van der Waals surface area contributed by atoms with Gasteiger partial charge in [0, 0.05) is 6.07 Å². The number of nitro groups is 1. The third kappa shape index (κ3) is 2.45. The fourth-order valence-electron chi connectivity index (χ4n) is 1.22. The molecule has 0 aliphatic carbocycles. The molecule has 0 radical (unpaired) electrons. The van der Waals surface area contributed by atoms with Crippen LogP contribution in [0.15, 0.2) is 18.2 Å². The van der Waals surface area contributed by atoms with Crippen LogP contribution in [-0.4, -0.2) is 33.0 Å². The summed E-state index contributed by atoms with van der Waals surface area (Å²) in [6.07, 6.45) is -2.77. The van der Waals surface area contributed by atoms with Crippen molar-refractivity contribution in [2.45, 2.75) is 12.2 Å². The number of aliphatic hydroxyl groups is 3. The van der Waals surface area contributed by atoms with Crippen LogP contribution in [0.3, 0.4) is 0 Å². The van der Waals surface area contributed by atoms with Crippen molar-refractivity contribution in [3.63, 3.8) is 0 Å². The lowest BCUT2D eigenvalue weighted by atomic mass is 10.0. The third-order valence-electron chi connectivity index (χ3n) is 2.14. The minimum Gasteiger partial charge on any atom is -0.394 e. The molecular weight excluding hydrogens is 216 g/mol. The fraction of sp³-hybridized carbons (Fsp3) is 0.333. The zero-order valence-electron chi connectivity index (χ0n) is 8.28. The van der Waals surface area contributed by atoms with Crippen molar-refractivity contribution in [3.05, 3.63) is 33.9 Å². The van der Waals surface area contributed by atoms with Crippen molar-refractivity contribution < 1.29 is 20.2 Å². The Bertz CT molecular complexity index is 395. The van der Waals surface area contributed by atoms with Crippen LogP contribution in [-0.2, 0) is 0 Å². The predicted molar refractivity (Wildman–Crippen MR) is 55.6 cm³/mol. The number of hydrogen-bond acceptors (Lipinski definition) is 6. The Kier molecular flexibility index (Phi) is 3.78. The van der Waals surface area contributed by atoms with Gasteiger partial charge >= 0.3 is 0 Å². The first kappa shape index (κ1) is 12.4. The fourth-order valence-corrected chi connectivity index (χ4v) is 1.22. The summed E-state index contributed by atoms with van der Waals surface area (Å²) < 4.78 is 0. The van der Waals surface area contributed by atoms with E-state index in [-0.39, 0.29) is 16.9 Å². The van der Waals surface area contributed by atoms with Crippen LogP contribution in [0.5, 0.6) is 0 Å². The van der Waals surface area contributed by atoms with Gasteiger partial charge in [0.1, 0.15) is 17.9 Å². The quantitative estimate of drug-likeness (QED) is 0.314. The number of nitrogen functional groups attached to an aromatic ring is 1. The summed E-state index contributed by atoms with van der Waals surface area (Å²) in [5.74, 6) is 0. The molecule has 16 heavy (non-hydrogen) atoms. The molecule has 0 spiro atoms. The molecule has 1 aromatic rings. The maximum atomic E-state index is 10.6. The predicted octanol–water partition coefficient (Wildman–Crippen LogP) is -0.436. The van der Waals surface area contributed by atoms with E-state index in [2.05, 4.69) is 0 Å². The first-order valence-electron chi connectivity index (χ1n) is 4.48. The van der Waals surface area contributed by atoms with Crippen LogP contribution in [0.25, 0.3) is 0 Å². The van der Waals surface area contributed by atoms with Crippen LogP contribution in [0, 0.1) is 10.1 Å². The van der Waals surface area contributed by atoms with Crippen LogP contribution in [0.4, 0.5) is 11.4 Å². The number of aliphatic hydroxyl groups excluding tert-OH is 3. The van der Waals surface area contributed by atoms with E-state index in [4.69, 9.17) is 10.8 Å². The van der Waals surface area contributed by atoms with Gasteiger partial charge in [-0.05, 0) is 11.6 Å². The highest BCUT2D eigenvalue weighted by molar-refractivity contribution is 5.59. The number of nitrogens with two attached hydrogens (primary N) is 1. The van der Waals surface area contributed by atoms with Crippen molar-refractivity contribution in [1.82, 2.24) is 0 Å². The first-order chi connectivity index (χ1) is 7.47. The third-order valence-corrected chi connectivity index (χ3v) is 2.14. The van der Waals surface area contributed by atoms with Gasteiger partial charge in [0.15, 0.2) is 0 Å². The molecule has 0 saturated heterocycles. The summed E-state index contributed by atoms with van der Waals surface area (Å²) in [5, 5.41) is 37.9. The molecule has 2 atom stereocenters. The second-order valence-electron chi connectivity index (χ2n) is 3.27. The van der Waals surface area contributed by atoms with Gasteiger partial charge in [-0.15, -0.1) is 0 Å². The van der Waals surface area contributed by atoms with Crippen molar-refractivity contribution in [1.29, 1.82) is 0 Å². The summed E-state index contributed by atoms with van der Waals surface area (Å²) in [7, 11) is 0. The monoisotopic (exact) mass is 228 g/mol. The van der Waals surface area contributed by atoms with Crippen molar-refractivity contribution in [2.24, 2.45) is 0 Å². The van der Waals surface area contributed by atoms with Gasteiger partial charge in [-0.2, -0.15) is 0 Å². The molecule has 0 aromatic heterocycles. The Morgan fingerprint density at radius 2 is 2.06 bits per heavy atom. The zero-order chi connectivity index (χ0) is 12.3. The number of anilines is 1. The van der Waals surface area contributed by atoms with Gasteiger partial charge in [-0.25, -0.2) is 0 Å². The van der Waals surface area contributed by atoms with Crippen LogP contribution in [0.1, 0.15) is 11.7 Å². The molecule has 0 fully saturated rings. The number of rotatable bonds is 4. The largest absolute Gasteiger partial charge is 0.394 e. The van der Waals surface area contributed by atoms with E-state index in [1.807, 2.05) is 0 Å². The summed E-state index contributed by atoms with van der Waals surface area (Å²) in [6, 6.07) is 3.69.